The van der Waals surface area contributed by atoms with Gasteiger partial charge in [-0.3, -0.25) is 4.79 Å². The largest absolute Gasteiger partial charge is 0.452 e. The molecule has 0 saturated carbocycles. The van der Waals surface area contributed by atoms with Crippen LogP contribution in [0, 0.1) is 18.8 Å². The minimum Gasteiger partial charge on any atom is -0.452 e. The number of esters is 1. The van der Waals surface area contributed by atoms with Gasteiger partial charge in [0.25, 0.3) is 5.91 Å². The number of nitrogens with zero attached hydrogens (tertiary/aromatic N) is 2. The topological polar surface area (TPSA) is 51.5 Å². The molecule has 1 saturated heterocycles. The molecular weight excluding hydrogens is 328 g/mol. The van der Waals surface area contributed by atoms with Crippen LogP contribution < -0.4 is 0 Å². The molecule has 1 aromatic heterocycles. The van der Waals surface area contributed by atoms with E-state index >= 15 is 0 Å². The van der Waals surface area contributed by atoms with Crippen LogP contribution in [-0.2, 0) is 9.53 Å². The number of ether oxygens (including phenoxy) is 1. The molecule has 2 heterocycles. The average molecular weight is 354 g/mol. The molecular formula is C21H26N2O3. The third-order valence-corrected chi connectivity index (χ3v) is 4.88. The molecule has 2 aromatic rings. The van der Waals surface area contributed by atoms with E-state index in [9.17, 15) is 9.59 Å². The van der Waals surface area contributed by atoms with Crippen molar-refractivity contribution in [1.29, 1.82) is 0 Å². The number of amides is 1. The maximum Gasteiger partial charge on any atom is 0.338 e. The van der Waals surface area contributed by atoms with Gasteiger partial charge >= 0.3 is 5.97 Å². The number of likely N-dealkylation sites (tertiary alicyclic amines) is 1. The molecule has 1 amide bonds. The zero-order valence-corrected chi connectivity index (χ0v) is 15.6. The molecule has 2 atom stereocenters. The third-order valence-electron chi connectivity index (χ3n) is 4.88. The van der Waals surface area contributed by atoms with Crippen molar-refractivity contribution in [2.24, 2.45) is 11.8 Å². The molecule has 0 N–H and O–H groups in total. The van der Waals surface area contributed by atoms with Crippen LogP contribution in [0.15, 0.2) is 42.7 Å². The van der Waals surface area contributed by atoms with Crippen LogP contribution in [0.25, 0.3) is 5.69 Å². The first-order chi connectivity index (χ1) is 12.4. The quantitative estimate of drug-likeness (QED) is 0.790. The Balaban J connectivity index is 1.63. The summed E-state index contributed by atoms with van der Waals surface area (Å²) in [6.07, 6.45) is 4.99. The highest BCUT2D eigenvalue weighted by Gasteiger charge is 2.26. The molecule has 1 fully saturated rings. The van der Waals surface area contributed by atoms with Gasteiger partial charge in [-0.15, -0.1) is 0 Å². The SMILES string of the molecule is Cc1ccc(C(=O)OCC(=O)N2CC(C)CC(C)C2)cc1-n1cccc1. The van der Waals surface area contributed by atoms with E-state index in [1.807, 2.05) is 47.0 Å². The Hall–Kier alpha value is -2.56. The fraction of sp³-hybridized carbons (Fsp3) is 0.429. The van der Waals surface area contributed by atoms with Gasteiger partial charge in [-0.2, -0.15) is 0 Å². The fourth-order valence-electron chi connectivity index (χ4n) is 3.68. The summed E-state index contributed by atoms with van der Waals surface area (Å²) in [5.74, 6) is 0.388. The Morgan fingerprint density at radius 1 is 1.12 bits per heavy atom. The molecule has 0 bridgehead atoms. The van der Waals surface area contributed by atoms with E-state index in [2.05, 4.69) is 13.8 Å². The zero-order valence-electron chi connectivity index (χ0n) is 15.6. The number of benzene rings is 1. The first-order valence-electron chi connectivity index (χ1n) is 9.13. The second-order valence-electron chi connectivity index (χ2n) is 7.41. The van der Waals surface area contributed by atoms with Gasteiger partial charge in [0.15, 0.2) is 6.61 Å². The second-order valence-corrected chi connectivity index (χ2v) is 7.41. The number of piperidine rings is 1. The molecule has 5 heteroatoms. The molecule has 2 unspecified atom stereocenters. The van der Waals surface area contributed by atoms with Crippen molar-refractivity contribution in [3.63, 3.8) is 0 Å². The summed E-state index contributed by atoms with van der Waals surface area (Å²) in [7, 11) is 0. The standard InChI is InChI=1S/C21H26N2O3/c1-15-10-16(2)13-23(12-15)20(24)14-26-21(25)18-7-6-17(3)19(11-18)22-8-4-5-9-22/h4-9,11,15-16H,10,12-14H2,1-3H3. The summed E-state index contributed by atoms with van der Waals surface area (Å²) in [4.78, 5) is 26.6. The molecule has 0 aliphatic carbocycles. The van der Waals surface area contributed by atoms with E-state index in [0.29, 0.717) is 17.4 Å². The van der Waals surface area contributed by atoms with Gasteiger partial charge in [-0.25, -0.2) is 4.79 Å². The van der Waals surface area contributed by atoms with Gasteiger partial charge in [-0.1, -0.05) is 19.9 Å². The number of aromatic nitrogens is 1. The first-order valence-corrected chi connectivity index (χ1v) is 9.13. The fourth-order valence-corrected chi connectivity index (χ4v) is 3.68. The Labute approximate surface area is 154 Å². The van der Waals surface area contributed by atoms with E-state index in [-0.39, 0.29) is 12.5 Å². The van der Waals surface area contributed by atoms with E-state index < -0.39 is 5.97 Å². The highest BCUT2D eigenvalue weighted by Crippen LogP contribution is 2.21. The minimum atomic E-state index is -0.468. The highest BCUT2D eigenvalue weighted by molar-refractivity contribution is 5.92. The Morgan fingerprint density at radius 2 is 1.77 bits per heavy atom. The average Bonchev–Trinajstić information content (AvgIpc) is 3.13. The lowest BCUT2D eigenvalue weighted by Crippen LogP contribution is -2.44. The second kappa shape index (κ2) is 7.77. The van der Waals surface area contributed by atoms with Gasteiger partial charge in [0, 0.05) is 31.2 Å². The number of aryl methyl sites for hydroxylation is 1. The van der Waals surface area contributed by atoms with Crippen molar-refractivity contribution in [3.8, 4) is 5.69 Å². The smallest absolute Gasteiger partial charge is 0.338 e. The number of carbonyl (C=O) groups is 2. The van der Waals surface area contributed by atoms with E-state index in [1.54, 1.807) is 12.1 Å². The van der Waals surface area contributed by atoms with Crippen LogP contribution in [0.4, 0.5) is 0 Å². The molecule has 138 valence electrons. The number of hydrogen-bond acceptors (Lipinski definition) is 3. The van der Waals surface area contributed by atoms with Crippen molar-refractivity contribution < 1.29 is 14.3 Å². The Bertz CT molecular complexity index is 773. The molecule has 1 aromatic carbocycles. The lowest BCUT2D eigenvalue weighted by atomic mass is 9.92. The number of rotatable bonds is 4. The van der Waals surface area contributed by atoms with Crippen molar-refractivity contribution in [3.05, 3.63) is 53.9 Å². The van der Waals surface area contributed by atoms with E-state index in [1.165, 1.54) is 0 Å². The minimum absolute atomic E-state index is 0.116. The van der Waals surface area contributed by atoms with Crippen LogP contribution in [0.1, 0.15) is 36.2 Å². The molecule has 0 radical (unpaired) electrons. The summed E-state index contributed by atoms with van der Waals surface area (Å²) in [5, 5.41) is 0. The van der Waals surface area contributed by atoms with Crippen LogP contribution in [0.5, 0.6) is 0 Å². The maximum atomic E-state index is 12.4. The zero-order chi connectivity index (χ0) is 18.7. The van der Waals surface area contributed by atoms with E-state index in [4.69, 9.17) is 4.74 Å². The van der Waals surface area contributed by atoms with Crippen molar-refractivity contribution in [2.75, 3.05) is 19.7 Å². The van der Waals surface area contributed by atoms with Gasteiger partial charge < -0.3 is 14.2 Å². The molecule has 5 nitrogen and oxygen atoms in total. The molecule has 1 aliphatic heterocycles. The monoisotopic (exact) mass is 354 g/mol. The van der Waals surface area contributed by atoms with Crippen LogP contribution in [0.3, 0.4) is 0 Å². The van der Waals surface area contributed by atoms with Gasteiger partial charge in [0.05, 0.1) is 5.56 Å². The predicted molar refractivity (Wildman–Crippen MR) is 100 cm³/mol. The summed E-state index contributed by atoms with van der Waals surface area (Å²) in [5.41, 5.74) is 2.44. The Morgan fingerprint density at radius 3 is 2.42 bits per heavy atom. The lowest BCUT2D eigenvalue weighted by Gasteiger charge is -2.34. The van der Waals surface area contributed by atoms with Crippen molar-refractivity contribution in [1.82, 2.24) is 9.47 Å². The summed E-state index contributed by atoms with van der Waals surface area (Å²) < 4.78 is 7.24. The first kappa shape index (κ1) is 18.2. The normalized spacial score (nSPS) is 20.0. The van der Waals surface area contributed by atoms with E-state index in [0.717, 1.165) is 30.8 Å². The van der Waals surface area contributed by atoms with Gasteiger partial charge in [-0.05, 0) is 55.0 Å². The van der Waals surface area contributed by atoms with Crippen LogP contribution >= 0.6 is 0 Å². The van der Waals surface area contributed by atoms with Gasteiger partial charge in [0.1, 0.15) is 0 Å². The predicted octanol–water partition coefficient (Wildman–Crippen LogP) is 3.45. The lowest BCUT2D eigenvalue weighted by molar-refractivity contribution is -0.137. The molecule has 3 rings (SSSR count). The van der Waals surface area contributed by atoms with Crippen LogP contribution in [-0.4, -0.2) is 41.0 Å². The summed E-state index contributed by atoms with van der Waals surface area (Å²) in [6.45, 7) is 7.57. The third kappa shape index (κ3) is 4.15. The summed E-state index contributed by atoms with van der Waals surface area (Å²) in [6, 6.07) is 9.29. The van der Waals surface area contributed by atoms with Gasteiger partial charge in [0.2, 0.25) is 0 Å². The van der Waals surface area contributed by atoms with Crippen LogP contribution in [0.2, 0.25) is 0 Å². The molecule has 26 heavy (non-hydrogen) atoms. The van der Waals surface area contributed by atoms with Crippen molar-refractivity contribution in [2.45, 2.75) is 27.2 Å². The highest BCUT2D eigenvalue weighted by atomic mass is 16.5. The Kier molecular flexibility index (Phi) is 5.45. The number of hydrogen-bond donors (Lipinski definition) is 0. The molecule has 1 aliphatic rings. The number of carbonyl (C=O) groups excluding carboxylic acids is 2. The van der Waals surface area contributed by atoms with Crippen molar-refractivity contribution >= 4 is 11.9 Å². The maximum absolute atomic E-state index is 12.4. The summed E-state index contributed by atoms with van der Waals surface area (Å²) >= 11 is 0. The molecule has 0 spiro atoms.